The molecule has 102 valence electrons. The first kappa shape index (κ1) is 14.2. The van der Waals surface area contributed by atoms with Crippen LogP contribution in [0, 0.1) is 0 Å². The summed E-state index contributed by atoms with van der Waals surface area (Å²) in [6, 6.07) is 8.86. The minimum Gasteiger partial charge on any atom is -0.496 e. The third-order valence-corrected chi connectivity index (χ3v) is 3.10. The number of hydrogen-bond donors (Lipinski definition) is 1. The highest BCUT2D eigenvalue weighted by atomic mass is 79.9. The predicted octanol–water partition coefficient (Wildman–Crippen LogP) is 2.62. The fourth-order valence-electron chi connectivity index (χ4n) is 1.49. The molecule has 0 bridgehead atoms. The number of carbonyl (C=O) groups excluding carboxylic acids is 1. The summed E-state index contributed by atoms with van der Waals surface area (Å²) < 4.78 is 5.95. The number of carbonyl (C=O) groups is 1. The summed E-state index contributed by atoms with van der Waals surface area (Å²) in [6.45, 7) is 0. The maximum Gasteiger partial charge on any atom is 0.272 e. The maximum absolute atomic E-state index is 11.7. The number of nitrogens with one attached hydrogen (secondary N) is 1. The highest BCUT2D eigenvalue weighted by molar-refractivity contribution is 9.10. The van der Waals surface area contributed by atoms with E-state index < -0.39 is 0 Å². The number of pyridine rings is 1. The van der Waals surface area contributed by atoms with Gasteiger partial charge < -0.3 is 4.74 Å². The van der Waals surface area contributed by atoms with Crippen molar-refractivity contribution >= 4 is 28.1 Å². The van der Waals surface area contributed by atoms with E-state index in [0.29, 0.717) is 5.56 Å². The summed E-state index contributed by atoms with van der Waals surface area (Å²) >= 11 is 3.38. The molecule has 0 atom stereocenters. The van der Waals surface area contributed by atoms with Crippen molar-refractivity contribution in [2.45, 2.75) is 0 Å². The number of methoxy groups -OCH3 is 1. The summed E-state index contributed by atoms with van der Waals surface area (Å²) in [5, 5.41) is 3.90. The second kappa shape index (κ2) is 6.81. The molecule has 0 aliphatic rings. The molecule has 0 radical (unpaired) electrons. The first-order valence-electron chi connectivity index (χ1n) is 5.77. The molecule has 20 heavy (non-hydrogen) atoms. The minimum atomic E-state index is -0.304. The molecule has 2 rings (SSSR count). The van der Waals surface area contributed by atoms with Gasteiger partial charge in [0.05, 0.1) is 23.4 Å². The standard InChI is InChI=1S/C14H12BrN3O2/c1-20-13-5-4-10(7-12(13)15)8-17-18-14(19)11-3-2-6-16-9-11/h2-9H,1H3,(H,18,19). The van der Waals surface area contributed by atoms with Gasteiger partial charge in [0, 0.05) is 12.4 Å². The van der Waals surface area contributed by atoms with Crippen LogP contribution in [0.15, 0.2) is 52.3 Å². The second-order valence-electron chi connectivity index (χ2n) is 3.83. The van der Waals surface area contributed by atoms with Crippen LogP contribution in [0.5, 0.6) is 5.75 Å². The zero-order valence-corrected chi connectivity index (χ0v) is 12.3. The van der Waals surface area contributed by atoms with Crippen molar-refractivity contribution in [2.75, 3.05) is 7.11 Å². The quantitative estimate of drug-likeness (QED) is 0.691. The average molecular weight is 334 g/mol. The molecule has 5 nitrogen and oxygen atoms in total. The Morgan fingerprint density at radius 3 is 2.95 bits per heavy atom. The zero-order chi connectivity index (χ0) is 14.4. The van der Waals surface area contributed by atoms with Gasteiger partial charge in [0.25, 0.3) is 5.91 Å². The van der Waals surface area contributed by atoms with Crippen LogP contribution >= 0.6 is 15.9 Å². The van der Waals surface area contributed by atoms with Crippen molar-refractivity contribution in [3.05, 3.63) is 58.3 Å². The molecule has 6 heteroatoms. The Kier molecular flexibility index (Phi) is 4.84. The maximum atomic E-state index is 11.7. The Labute approximate surface area is 124 Å². The average Bonchev–Trinajstić information content (AvgIpc) is 2.48. The highest BCUT2D eigenvalue weighted by Gasteiger charge is 2.03. The summed E-state index contributed by atoms with van der Waals surface area (Å²) in [7, 11) is 1.60. The third-order valence-electron chi connectivity index (χ3n) is 2.48. The Morgan fingerprint density at radius 1 is 1.45 bits per heavy atom. The number of halogens is 1. The summed E-state index contributed by atoms with van der Waals surface area (Å²) in [6.07, 6.45) is 4.64. The molecular weight excluding hydrogens is 322 g/mol. The molecule has 2 aromatic rings. The molecule has 1 N–H and O–H groups in total. The highest BCUT2D eigenvalue weighted by Crippen LogP contribution is 2.24. The topological polar surface area (TPSA) is 63.6 Å². The normalized spacial score (nSPS) is 10.5. The molecule has 1 aromatic heterocycles. The number of ether oxygens (including phenoxy) is 1. The van der Waals surface area contributed by atoms with Crippen LogP contribution in [0.2, 0.25) is 0 Å². The van der Waals surface area contributed by atoms with E-state index in [1.165, 1.54) is 6.20 Å². The van der Waals surface area contributed by atoms with Gasteiger partial charge in [0.1, 0.15) is 5.75 Å². The van der Waals surface area contributed by atoms with E-state index in [2.05, 4.69) is 31.4 Å². The molecule has 1 amide bonds. The molecule has 1 heterocycles. The van der Waals surface area contributed by atoms with Gasteiger partial charge in [-0.25, -0.2) is 5.43 Å². The van der Waals surface area contributed by atoms with E-state index in [-0.39, 0.29) is 5.91 Å². The van der Waals surface area contributed by atoms with Crippen molar-refractivity contribution in [3.63, 3.8) is 0 Å². The first-order valence-corrected chi connectivity index (χ1v) is 6.57. The molecule has 0 spiro atoms. The lowest BCUT2D eigenvalue weighted by Crippen LogP contribution is -2.17. The Bertz CT molecular complexity index is 630. The summed E-state index contributed by atoms with van der Waals surface area (Å²) in [5.74, 6) is 0.434. The van der Waals surface area contributed by atoms with E-state index in [1.807, 2.05) is 18.2 Å². The number of benzene rings is 1. The zero-order valence-electron chi connectivity index (χ0n) is 10.7. The molecule has 0 unspecified atom stereocenters. The fourth-order valence-corrected chi connectivity index (χ4v) is 2.05. The van der Waals surface area contributed by atoms with Crippen molar-refractivity contribution < 1.29 is 9.53 Å². The van der Waals surface area contributed by atoms with Gasteiger partial charge in [-0.1, -0.05) is 0 Å². The van der Waals surface area contributed by atoms with Gasteiger partial charge in [0.2, 0.25) is 0 Å². The van der Waals surface area contributed by atoms with Crippen LogP contribution in [0.3, 0.4) is 0 Å². The number of hydrogen-bond acceptors (Lipinski definition) is 4. The number of hydrazone groups is 1. The summed E-state index contributed by atoms with van der Waals surface area (Å²) in [5.41, 5.74) is 3.74. The van der Waals surface area contributed by atoms with Crippen LogP contribution in [0.25, 0.3) is 0 Å². The van der Waals surface area contributed by atoms with E-state index in [0.717, 1.165) is 15.8 Å². The lowest BCUT2D eigenvalue weighted by Gasteiger charge is -2.03. The lowest BCUT2D eigenvalue weighted by molar-refractivity contribution is 0.0955. The summed E-state index contributed by atoms with van der Waals surface area (Å²) in [4.78, 5) is 15.6. The van der Waals surface area contributed by atoms with E-state index in [4.69, 9.17) is 4.74 Å². The van der Waals surface area contributed by atoms with Gasteiger partial charge in [-0.3, -0.25) is 9.78 Å². The van der Waals surface area contributed by atoms with Crippen LogP contribution in [0.4, 0.5) is 0 Å². The smallest absolute Gasteiger partial charge is 0.272 e. The van der Waals surface area contributed by atoms with Crippen LogP contribution in [0.1, 0.15) is 15.9 Å². The van der Waals surface area contributed by atoms with Crippen LogP contribution < -0.4 is 10.2 Å². The predicted molar refractivity (Wildman–Crippen MR) is 80.0 cm³/mol. The van der Waals surface area contributed by atoms with E-state index in [9.17, 15) is 4.79 Å². The lowest BCUT2D eigenvalue weighted by atomic mass is 10.2. The van der Waals surface area contributed by atoms with Crippen molar-refractivity contribution in [1.29, 1.82) is 0 Å². The van der Waals surface area contributed by atoms with E-state index >= 15 is 0 Å². The van der Waals surface area contributed by atoms with E-state index in [1.54, 1.807) is 31.7 Å². The first-order chi connectivity index (χ1) is 9.70. The Balaban J connectivity index is 2.00. The minimum absolute atomic E-state index is 0.304. The van der Waals surface area contributed by atoms with Crippen LogP contribution in [-0.4, -0.2) is 24.2 Å². The SMILES string of the molecule is COc1ccc(C=NNC(=O)c2cccnc2)cc1Br. The largest absolute Gasteiger partial charge is 0.496 e. The van der Waals surface area contributed by atoms with Gasteiger partial charge in [-0.05, 0) is 51.8 Å². The molecular formula is C14H12BrN3O2. The number of rotatable bonds is 4. The second-order valence-corrected chi connectivity index (χ2v) is 4.69. The van der Waals surface area contributed by atoms with Crippen molar-refractivity contribution in [3.8, 4) is 5.75 Å². The van der Waals surface area contributed by atoms with Gasteiger partial charge >= 0.3 is 0 Å². The molecule has 1 aromatic carbocycles. The number of amides is 1. The molecule has 0 fully saturated rings. The van der Waals surface area contributed by atoms with Gasteiger partial charge in [-0.15, -0.1) is 0 Å². The Morgan fingerprint density at radius 2 is 2.30 bits per heavy atom. The third kappa shape index (κ3) is 3.64. The molecule has 0 aliphatic carbocycles. The number of aromatic nitrogens is 1. The molecule has 0 saturated heterocycles. The number of nitrogens with zero attached hydrogens (tertiary/aromatic N) is 2. The Hall–Kier alpha value is -2.21. The fraction of sp³-hybridized carbons (Fsp3) is 0.0714. The van der Waals surface area contributed by atoms with Crippen molar-refractivity contribution in [2.24, 2.45) is 5.10 Å². The molecule has 0 saturated carbocycles. The van der Waals surface area contributed by atoms with Crippen molar-refractivity contribution in [1.82, 2.24) is 10.4 Å². The van der Waals surface area contributed by atoms with Gasteiger partial charge in [-0.2, -0.15) is 5.10 Å². The monoisotopic (exact) mass is 333 g/mol. The van der Waals surface area contributed by atoms with Crippen LogP contribution in [-0.2, 0) is 0 Å². The van der Waals surface area contributed by atoms with Gasteiger partial charge in [0.15, 0.2) is 0 Å². The molecule has 0 aliphatic heterocycles.